The number of carbonyl (C=O) groups is 1. The topological polar surface area (TPSA) is 48.1 Å². The fourth-order valence-corrected chi connectivity index (χ4v) is 3.15. The number of likely N-dealkylation sites (N-methyl/N-ethyl adjacent to an activating group) is 1. The zero-order valence-electron chi connectivity index (χ0n) is 15.0. The van der Waals surface area contributed by atoms with Gasteiger partial charge in [0.05, 0.1) is 6.04 Å². The Bertz CT molecular complexity index is 516. The second-order valence-corrected chi connectivity index (χ2v) is 6.30. The Labute approximate surface area is 174 Å². The summed E-state index contributed by atoms with van der Waals surface area (Å²) in [6, 6.07) is 10.6. The Morgan fingerprint density at radius 1 is 1.08 bits per heavy atom. The molecule has 1 N–H and O–H groups in total. The number of anilines is 1. The summed E-state index contributed by atoms with van der Waals surface area (Å²) in [5, 5.41) is 3.39. The highest BCUT2D eigenvalue weighted by atomic mass is 35.5. The Hall–Kier alpha value is -0.920. The van der Waals surface area contributed by atoms with Crippen LogP contribution in [0.25, 0.3) is 0 Å². The average molecular weight is 428 g/mol. The first-order chi connectivity index (χ1) is 11.2. The van der Waals surface area contributed by atoms with E-state index in [1.165, 1.54) is 5.69 Å². The molecule has 2 aliphatic rings. The number of carbonyl (C=O) groups excluding carboxylic acids is 1. The first kappa shape index (κ1) is 25.1. The van der Waals surface area contributed by atoms with Crippen molar-refractivity contribution in [1.29, 1.82) is 0 Å². The van der Waals surface area contributed by atoms with Gasteiger partial charge in [-0.2, -0.15) is 0 Å². The van der Waals surface area contributed by atoms with E-state index in [0.29, 0.717) is 19.7 Å². The Kier molecular flexibility index (Phi) is 12.0. The van der Waals surface area contributed by atoms with Gasteiger partial charge in [-0.1, -0.05) is 18.2 Å². The maximum Gasteiger partial charge on any atom is 0.409 e. The van der Waals surface area contributed by atoms with Gasteiger partial charge in [0.15, 0.2) is 0 Å². The van der Waals surface area contributed by atoms with Gasteiger partial charge in [-0.05, 0) is 19.2 Å². The van der Waals surface area contributed by atoms with Crippen LogP contribution < -0.4 is 10.2 Å². The number of ether oxygens (including phenoxy) is 1. The van der Waals surface area contributed by atoms with Crippen molar-refractivity contribution in [1.82, 2.24) is 15.1 Å². The highest BCUT2D eigenvalue weighted by molar-refractivity contribution is 5.86. The molecule has 2 aliphatic heterocycles. The summed E-state index contributed by atoms with van der Waals surface area (Å²) in [7, 11) is 2.10. The minimum Gasteiger partial charge on any atom is -0.448 e. The summed E-state index contributed by atoms with van der Waals surface area (Å²) in [6.07, 6.45) is -0.187. The molecular formula is C17H29Cl3N4O2. The van der Waals surface area contributed by atoms with Crippen molar-refractivity contribution >= 4 is 49.0 Å². The first-order valence-corrected chi connectivity index (χ1v) is 8.36. The molecule has 2 fully saturated rings. The lowest BCUT2D eigenvalue weighted by atomic mass is 10.2. The van der Waals surface area contributed by atoms with Crippen LogP contribution in [-0.4, -0.2) is 81.4 Å². The van der Waals surface area contributed by atoms with E-state index in [-0.39, 0.29) is 49.4 Å². The van der Waals surface area contributed by atoms with Crippen LogP contribution in [0.2, 0.25) is 0 Å². The van der Waals surface area contributed by atoms with E-state index in [9.17, 15) is 4.79 Å². The van der Waals surface area contributed by atoms with E-state index in [1.807, 2.05) is 23.1 Å². The third-order valence-corrected chi connectivity index (χ3v) is 4.53. The molecule has 1 amide bonds. The Morgan fingerprint density at radius 2 is 1.73 bits per heavy atom. The van der Waals surface area contributed by atoms with Crippen molar-refractivity contribution in [2.75, 3.05) is 64.4 Å². The van der Waals surface area contributed by atoms with Crippen LogP contribution in [0.3, 0.4) is 0 Å². The average Bonchev–Trinajstić information content (AvgIpc) is 2.61. The summed E-state index contributed by atoms with van der Waals surface area (Å²) >= 11 is 0. The molecule has 1 atom stereocenters. The van der Waals surface area contributed by atoms with Crippen molar-refractivity contribution in [3.05, 3.63) is 30.3 Å². The van der Waals surface area contributed by atoms with Crippen molar-refractivity contribution in [3.63, 3.8) is 0 Å². The van der Waals surface area contributed by atoms with Gasteiger partial charge in [0.25, 0.3) is 0 Å². The Balaban J connectivity index is 0.00000208. The molecule has 0 saturated carbocycles. The van der Waals surface area contributed by atoms with Gasteiger partial charge in [-0.25, -0.2) is 4.79 Å². The standard InChI is InChI=1S/C17H26N4O2.3ClH/c1-19-8-7-18-15(13-19)14-23-17(22)21-11-9-20(10-12-21)16-5-3-2-4-6-16;;;/h2-6,15,18H,7-14H2,1H3;3*1H/t15-;;;/m0.../s1. The number of hydrogen-bond acceptors (Lipinski definition) is 5. The van der Waals surface area contributed by atoms with Crippen LogP contribution in [0.1, 0.15) is 0 Å². The number of para-hydroxylation sites is 1. The molecule has 0 unspecified atom stereocenters. The third kappa shape index (κ3) is 7.00. The van der Waals surface area contributed by atoms with E-state index >= 15 is 0 Å². The zero-order chi connectivity index (χ0) is 16.1. The molecule has 0 spiro atoms. The molecule has 1 aromatic carbocycles. The summed E-state index contributed by atoms with van der Waals surface area (Å²) < 4.78 is 5.49. The van der Waals surface area contributed by atoms with Crippen LogP contribution in [0, 0.1) is 0 Å². The smallest absolute Gasteiger partial charge is 0.409 e. The van der Waals surface area contributed by atoms with E-state index in [0.717, 1.165) is 32.7 Å². The first-order valence-electron chi connectivity index (χ1n) is 8.36. The van der Waals surface area contributed by atoms with Crippen LogP contribution in [-0.2, 0) is 4.74 Å². The Morgan fingerprint density at radius 3 is 2.35 bits per heavy atom. The number of amides is 1. The molecule has 0 aromatic heterocycles. The molecule has 9 heteroatoms. The normalized spacial score (nSPS) is 20.3. The van der Waals surface area contributed by atoms with Crippen LogP contribution >= 0.6 is 37.2 Å². The van der Waals surface area contributed by atoms with Crippen molar-refractivity contribution in [2.45, 2.75) is 6.04 Å². The van der Waals surface area contributed by atoms with E-state index in [2.05, 4.69) is 34.3 Å². The van der Waals surface area contributed by atoms with Crippen LogP contribution in [0.15, 0.2) is 30.3 Å². The van der Waals surface area contributed by atoms with Gasteiger partial charge >= 0.3 is 6.09 Å². The number of benzene rings is 1. The highest BCUT2D eigenvalue weighted by Crippen LogP contribution is 2.15. The van der Waals surface area contributed by atoms with Gasteiger partial charge in [-0.15, -0.1) is 37.2 Å². The summed E-state index contributed by atoms with van der Waals surface area (Å²) in [5.74, 6) is 0. The number of hydrogen-bond donors (Lipinski definition) is 1. The number of nitrogens with one attached hydrogen (secondary N) is 1. The molecule has 2 heterocycles. The quantitative estimate of drug-likeness (QED) is 0.800. The molecule has 2 saturated heterocycles. The maximum atomic E-state index is 12.2. The number of piperazine rings is 2. The van der Waals surface area contributed by atoms with Crippen molar-refractivity contribution in [3.8, 4) is 0 Å². The van der Waals surface area contributed by atoms with E-state index in [4.69, 9.17) is 4.74 Å². The number of halogens is 3. The molecular weight excluding hydrogens is 399 g/mol. The highest BCUT2D eigenvalue weighted by Gasteiger charge is 2.24. The molecule has 3 rings (SSSR count). The van der Waals surface area contributed by atoms with E-state index < -0.39 is 0 Å². The fraction of sp³-hybridized carbons (Fsp3) is 0.588. The van der Waals surface area contributed by atoms with Gasteiger partial charge in [-0.3, -0.25) is 0 Å². The molecule has 6 nitrogen and oxygen atoms in total. The van der Waals surface area contributed by atoms with E-state index in [1.54, 1.807) is 0 Å². The van der Waals surface area contributed by atoms with Crippen LogP contribution in [0.4, 0.5) is 10.5 Å². The molecule has 150 valence electrons. The minimum atomic E-state index is -0.187. The predicted molar refractivity (Wildman–Crippen MR) is 113 cm³/mol. The van der Waals surface area contributed by atoms with Gasteiger partial charge in [0.1, 0.15) is 6.61 Å². The van der Waals surface area contributed by atoms with Crippen LogP contribution in [0.5, 0.6) is 0 Å². The van der Waals surface area contributed by atoms with Gasteiger partial charge in [0, 0.05) is 51.5 Å². The minimum absolute atomic E-state index is 0. The van der Waals surface area contributed by atoms with Gasteiger partial charge in [0.2, 0.25) is 0 Å². The number of nitrogens with zero attached hydrogens (tertiary/aromatic N) is 3. The molecule has 26 heavy (non-hydrogen) atoms. The lowest BCUT2D eigenvalue weighted by Gasteiger charge is -2.36. The summed E-state index contributed by atoms with van der Waals surface area (Å²) in [4.78, 5) is 18.6. The monoisotopic (exact) mass is 426 g/mol. The zero-order valence-corrected chi connectivity index (χ0v) is 17.5. The van der Waals surface area contributed by atoms with Crippen molar-refractivity contribution < 1.29 is 9.53 Å². The fourth-order valence-electron chi connectivity index (χ4n) is 3.15. The largest absolute Gasteiger partial charge is 0.448 e. The SMILES string of the molecule is CN1CCN[C@H](COC(=O)N2CCN(c3ccccc3)CC2)C1.Cl.Cl.Cl. The lowest BCUT2D eigenvalue weighted by Crippen LogP contribution is -2.53. The molecule has 0 bridgehead atoms. The number of rotatable bonds is 3. The predicted octanol–water partition coefficient (Wildman–Crippen LogP) is 2.11. The molecule has 0 aliphatic carbocycles. The maximum absolute atomic E-state index is 12.2. The second-order valence-electron chi connectivity index (χ2n) is 6.30. The molecule has 1 aromatic rings. The second kappa shape index (κ2) is 12.5. The molecule has 0 radical (unpaired) electrons. The van der Waals surface area contributed by atoms with Crippen molar-refractivity contribution in [2.24, 2.45) is 0 Å². The third-order valence-electron chi connectivity index (χ3n) is 4.53. The lowest BCUT2D eigenvalue weighted by molar-refractivity contribution is 0.0805. The summed E-state index contributed by atoms with van der Waals surface area (Å²) in [5.41, 5.74) is 1.22. The summed E-state index contributed by atoms with van der Waals surface area (Å²) in [6.45, 7) is 6.50. The van der Waals surface area contributed by atoms with Gasteiger partial charge < -0.3 is 24.8 Å².